The number of nitro benzene ring substituents is 1. The number of Topliss-reactive ketones (excluding diaryl/α,β-unsaturated/α-hetero) is 1. The number of methoxy groups -OCH3 is 2. The van der Waals surface area contributed by atoms with Crippen molar-refractivity contribution in [2.45, 2.75) is 6.42 Å². The van der Waals surface area contributed by atoms with Crippen molar-refractivity contribution in [2.75, 3.05) is 27.4 Å². The third-order valence-corrected chi connectivity index (χ3v) is 5.09. The van der Waals surface area contributed by atoms with Crippen molar-refractivity contribution in [2.24, 2.45) is 5.92 Å². The zero-order chi connectivity index (χ0) is 24.8. The van der Waals surface area contributed by atoms with Crippen molar-refractivity contribution >= 4 is 29.3 Å². The van der Waals surface area contributed by atoms with E-state index in [0.717, 1.165) is 5.01 Å². The number of carbonyl (C=O) groups is 4. The molecule has 1 aliphatic rings. The number of benzene rings is 2. The number of ketones is 1. The Morgan fingerprint density at radius 3 is 2.32 bits per heavy atom. The predicted molar refractivity (Wildman–Crippen MR) is 115 cm³/mol. The van der Waals surface area contributed by atoms with Gasteiger partial charge >= 0.3 is 5.97 Å². The molecule has 0 spiro atoms. The Morgan fingerprint density at radius 1 is 1.06 bits per heavy atom. The number of hydrogen-bond acceptors (Lipinski definition) is 9. The average Bonchev–Trinajstić information content (AvgIpc) is 3.21. The molecule has 2 amide bonds. The maximum atomic E-state index is 12.5. The number of rotatable bonds is 9. The summed E-state index contributed by atoms with van der Waals surface area (Å²) >= 11 is 0. The van der Waals surface area contributed by atoms with E-state index in [4.69, 9.17) is 14.2 Å². The van der Waals surface area contributed by atoms with E-state index in [-0.39, 0.29) is 29.8 Å². The van der Waals surface area contributed by atoms with Crippen molar-refractivity contribution in [1.29, 1.82) is 0 Å². The van der Waals surface area contributed by atoms with Crippen LogP contribution in [0, 0.1) is 16.0 Å². The van der Waals surface area contributed by atoms with Crippen LogP contribution in [0.25, 0.3) is 0 Å². The number of ether oxygens (including phenoxy) is 3. The Labute approximate surface area is 193 Å². The minimum Gasteiger partial charge on any atom is -0.493 e. The van der Waals surface area contributed by atoms with Crippen molar-refractivity contribution in [3.63, 3.8) is 0 Å². The number of esters is 1. The minimum absolute atomic E-state index is 0.123. The topological polar surface area (TPSA) is 154 Å². The maximum Gasteiger partial charge on any atom is 0.311 e. The van der Waals surface area contributed by atoms with E-state index >= 15 is 0 Å². The molecule has 1 saturated heterocycles. The summed E-state index contributed by atoms with van der Waals surface area (Å²) in [5.74, 6) is -2.50. The van der Waals surface area contributed by atoms with Gasteiger partial charge in [0.1, 0.15) is 0 Å². The Balaban J connectivity index is 1.54. The monoisotopic (exact) mass is 471 g/mol. The lowest BCUT2D eigenvalue weighted by molar-refractivity contribution is -0.384. The molecule has 12 heteroatoms. The molecule has 2 aromatic carbocycles. The highest BCUT2D eigenvalue weighted by Gasteiger charge is 2.37. The number of hydrogen-bond donors (Lipinski definition) is 1. The van der Waals surface area contributed by atoms with E-state index in [1.165, 1.54) is 50.6 Å². The molecule has 2 aromatic rings. The number of hydrazine groups is 1. The summed E-state index contributed by atoms with van der Waals surface area (Å²) in [6.45, 7) is -0.707. The lowest BCUT2D eigenvalue weighted by atomic mass is 10.1. The highest BCUT2D eigenvalue weighted by molar-refractivity contribution is 5.99. The molecule has 1 fully saturated rings. The average molecular weight is 471 g/mol. The van der Waals surface area contributed by atoms with Crippen molar-refractivity contribution < 1.29 is 38.3 Å². The molecule has 12 nitrogen and oxygen atoms in total. The number of non-ortho nitro benzene ring substituents is 1. The van der Waals surface area contributed by atoms with Gasteiger partial charge in [-0.15, -0.1) is 0 Å². The van der Waals surface area contributed by atoms with Gasteiger partial charge in [0.2, 0.25) is 5.91 Å². The van der Waals surface area contributed by atoms with Gasteiger partial charge in [-0.25, -0.2) is 0 Å². The van der Waals surface area contributed by atoms with Gasteiger partial charge < -0.3 is 14.2 Å². The zero-order valence-corrected chi connectivity index (χ0v) is 18.3. The summed E-state index contributed by atoms with van der Waals surface area (Å²) in [6, 6.07) is 9.35. The smallest absolute Gasteiger partial charge is 0.311 e. The first-order valence-electron chi connectivity index (χ1n) is 10.0. The quantitative estimate of drug-likeness (QED) is 0.248. The van der Waals surface area contributed by atoms with E-state index in [1.54, 1.807) is 6.07 Å². The molecule has 0 aliphatic carbocycles. The normalized spacial score (nSPS) is 14.9. The van der Waals surface area contributed by atoms with E-state index in [2.05, 4.69) is 5.43 Å². The molecule has 0 aromatic heterocycles. The van der Waals surface area contributed by atoms with Crippen LogP contribution >= 0.6 is 0 Å². The van der Waals surface area contributed by atoms with Crippen LogP contribution in [-0.2, 0) is 14.3 Å². The van der Waals surface area contributed by atoms with Crippen molar-refractivity contribution in [3.05, 3.63) is 63.7 Å². The highest BCUT2D eigenvalue weighted by atomic mass is 16.6. The largest absolute Gasteiger partial charge is 0.493 e. The fraction of sp³-hybridized carbons (Fsp3) is 0.273. The van der Waals surface area contributed by atoms with Crippen LogP contribution in [0.2, 0.25) is 0 Å². The highest BCUT2D eigenvalue weighted by Crippen LogP contribution is 2.27. The summed E-state index contributed by atoms with van der Waals surface area (Å²) in [5.41, 5.74) is 2.63. The second kappa shape index (κ2) is 10.4. The molecule has 1 heterocycles. The fourth-order valence-electron chi connectivity index (χ4n) is 3.25. The molecular weight excluding hydrogens is 450 g/mol. The Bertz CT molecular complexity index is 1130. The summed E-state index contributed by atoms with van der Waals surface area (Å²) < 4.78 is 15.3. The van der Waals surface area contributed by atoms with Gasteiger partial charge in [-0.2, -0.15) is 0 Å². The first kappa shape index (κ1) is 24.2. The number of nitrogens with one attached hydrogen (secondary N) is 1. The summed E-state index contributed by atoms with van der Waals surface area (Å²) in [7, 11) is 2.88. The van der Waals surface area contributed by atoms with Crippen LogP contribution in [0.4, 0.5) is 5.69 Å². The first-order valence-corrected chi connectivity index (χ1v) is 10.0. The molecule has 178 valence electrons. The van der Waals surface area contributed by atoms with Crippen molar-refractivity contribution in [1.82, 2.24) is 10.4 Å². The lowest BCUT2D eigenvalue weighted by Crippen LogP contribution is -2.43. The second-order valence-electron chi connectivity index (χ2n) is 7.25. The molecule has 3 rings (SSSR count). The third-order valence-electron chi connectivity index (χ3n) is 5.09. The molecule has 0 saturated carbocycles. The van der Waals surface area contributed by atoms with Crippen LogP contribution in [0.15, 0.2) is 42.5 Å². The standard InChI is InChI=1S/C22H21N3O9/c1-32-18-8-5-14(9-19(18)33-2)21(28)23-24-11-15(10-20(24)27)22(29)34-12-17(26)13-3-6-16(7-4-13)25(30)31/h3-9,15H,10-12H2,1-2H3,(H,23,28). The summed E-state index contributed by atoms with van der Waals surface area (Å²) in [6.07, 6.45) is -0.198. The fourth-order valence-corrected chi connectivity index (χ4v) is 3.25. The lowest BCUT2D eigenvalue weighted by Gasteiger charge is -2.18. The summed E-state index contributed by atoms with van der Waals surface area (Å²) in [5, 5.41) is 11.7. The van der Waals surface area contributed by atoms with Crippen LogP contribution in [0.3, 0.4) is 0 Å². The van der Waals surface area contributed by atoms with Crippen LogP contribution in [0.1, 0.15) is 27.1 Å². The van der Waals surface area contributed by atoms with E-state index in [1.807, 2.05) is 0 Å². The Hall–Kier alpha value is -4.48. The van der Waals surface area contributed by atoms with Crippen molar-refractivity contribution in [3.8, 4) is 11.5 Å². The van der Waals surface area contributed by atoms with Gasteiger partial charge in [0.25, 0.3) is 11.6 Å². The SMILES string of the molecule is COc1ccc(C(=O)NN2CC(C(=O)OCC(=O)c3ccc([N+](=O)[O-])cc3)CC2=O)cc1OC. The maximum absolute atomic E-state index is 12.5. The van der Waals surface area contributed by atoms with Crippen LogP contribution in [-0.4, -0.2) is 60.9 Å². The molecule has 1 atom stereocenters. The number of carbonyl (C=O) groups excluding carboxylic acids is 4. The van der Waals surface area contributed by atoms with Crippen LogP contribution in [0.5, 0.6) is 11.5 Å². The predicted octanol–water partition coefficient (Wildman–Crippen LogP) is 1.53. The molecule has 0 bridgehead atoms. The molecule has 0 radical (unpaired) electrons. The van der Waals surface area contributed by atoms with E-state index in [9.17, 15) is 29.3 Å². The van der Waals surface area contributed by atoms with Gasteiger partial charge in [-0.3, -0.25) is 39.7 Å². The van der Waals surface area contributed by atoms with Gasteiger partial charge in [0, 0.05) is 29.7 Å². The van der Waals surface area contributed by atoms with Gasteiger partial charge in [0.15, 0.2) is 23.9 Å². The minimum atomic E-state index is -0.872. The van der Waals surface area contributed by atoms with E-state index < -0.39 is 41.0 Å². The van der Waals surface area contributed by atoms with Gasteiger partial charge in [-0.1, -0.05) is 0 Å². The first-order chi connectivity index (χ1) is 16.2. The van der Waals surface area contributed by atoms with Gasteiger partial charge in [0.05, 0.1) is 31.6 Å². The van der Waals surface area contributed by atoms with Crippen LogP contribution < -0.4 is 14.9 Å². The third kappa shape index (κ3) is 5.46. The molecule has 1 unspecified atom stereocenters. The zero-order valence-electron chi connectivity index (χ0n) is 18.3. The molecular formula is C22H21N3O9. The Morgan fingerprint density at radius 2 is 1.71 bits per heavy atom. The number of amides is 2. The Kier molecular flexibility index (Phi) is 7.41. The summed E-state index contributed by atoms with van der Waals surface area (Å²) in [4.78, 5) is 59.4. The molecule has 34 heavy (non-hydrogen) atoms. The van der Waals surface area contributed by atoms with E-state index in [0.29, 0.717) is 11.5 Å². The number of nitro groups is 1. The molecule has 1 aliphatic heterocycles. The van der Waals surface area contributed by atoms with Gasteiger partial charge in [-0.05, 0) is 30.3 Å². The number of nitrogens with zero attached hydrogens (tertiary/aromatic N) is 2. The second-order valence-corrected chi connectivity index (χ2v) is 7.25. The molecule has 1 N–H and O–H groups in total.